The minimum atomic E-state index is -0.203. The molecule has 0 bridgehead atoms. The topological polar surface area (TPSA) is 41.1 Å². The van der Waals surface area contributed by atoms with Gasteiger partial charge >= 0.3 is 0 Å². The van der Waals surface area contributed by atoms with Crippen molar-refractivity contribution >= 4 is 11.6 Å². The van der Waals surface area contributed by atoms with Crippen LogP contribution in [-0.2, 0) is 19.4 Å². The van der Waals surface area contributed by atoms with Crippen LogP contribution in [0.25, 0.3) is 0 Å². The van der Waals surface area contributed by atoms with Crippen LogP contribution >= 0.6 is 0 Å². The first-order chi connectivity index (χ1) is 13.2. The van der Waals surface area contributed by atoms with Crippen molar-refractivity contribution in [3.05, 3.63) is 82.9 Å². The summed E-state index contributed by atoms with van der Waals surface area (Å²) < 4.78 is 13.0. The smallest absolute Gasteiger partial charge is 0.134 e. The molecule has 1 N–H and O–H groups in total. The van der Waals surface area contributed by atoms with Crippen molar-refractivity contribution in [2.24, 2.45) is 0 Å². The van der Waals surface area contributed by atoms with E-state index in [0.717, 1.165) is 55.5 Å². The standard InChI is InChI=1S/C22H23FN4/c1-16-25-21(24-12-10-17-6-8-20(23)9-7-17)14-22(26-16)27-13-11-18-4-2-3-5-19(18)15-27/h2-9,14H,10-13,15H2,1H3,(H,24,25,26). The van der Waals surface area contributed by atoms with E-state index >= 15 is 0 Å². The van der Waals surface area contributed by atoms with Crippen LogP contribution < -0.4 is 10.2 Å². The normalized spacial score (nSPS) is 13.3. The van der Waals surface area contributed by atoms with Gasteiger partial charge in [-0.3, -0.25) is 0 Å². The van der Waals surface area contributed by atoms with E-state index in [0.29, 0.717) is 0 Å². The third kappa shape index (κ3) is 4.25. The van der Waals surface area contributed by atoms with Crippen LogP contribution in [-0.4, -0.2) is 23.1 Å². The van der Waals surface area contributed by atoms with Crippen LogP contribution in [0.3, 0.4) is 0 Å². The Morgan fingerprint density at radius 3 is 2.63 bits per heavy atom. The van der Waals surface area contributed by atoms with Crippen LogP contribution in [0, 0.1) is 12.7 Å². The number of fused-ring (bicyclic) bond motifs is 1. The summed E-state index contributed by atoms with van der Waals surface area (Å²) in [6.45, 7) is 4.50. The number of aryl methyl sites for hydroxylation is 1. The molecule has 0 unspecified atom stereocenters. The van der Waals surface area contributed by atoms with Crippen molar-refractivity contribution in [1.82, 2.24) is 9.97 Å². The number of nitrogens with one attached hydrogen (secondary N) is 1. The van der Waals surface area contributed by atoms with E-state index in [-0.39, 0.29) is 5.82 Å². The first-order valence-electron chi connectivity index (χ1n) is 9.33. The second kappa shape index (κ2) is 7.74. The quantitative estimate of drug-likeness (QED) is 0.741. The lowest BCUT2D eigenvalue weighted by molar-refractivity contribution is 0.627. The summed E-state index contributed by atoms with van der Waals surface area (Å²) in [7, 11) is 0. The lowest BCUT2D eigenvalue weighted by atomic mass is 10.00. The fourth-order valence-corrected chi connectivity index (χ4v) is 3.48. The molecule has 0 saturated carbocycles. The Morgan fingerprint density at radius 2 is 1.81 bits per heavy atom. The van der Waals surface area contributed by atoms with Gasteiger partial charge in [0.15, 0.2) is 0 Å². The van der Waals surface area contributed by atoms with E-state index in [1.165, 1.54) is 23.3 Å². The Labute approximate surface area is 159 Å². The molecule has 1 aliphatic heterocycles. The Balaban J connectivity index is 1.43. The molecule has 27 heavy (non-hydrogen) atoms. The first kappa shape index (κ1) is 17.5. The number of aromatic nitrogens is 2. The number of rotatable bonds is 5. The van der Waals surface area contributed by atoms with Crippen molar-refractivity contribution in [2.75, 3.05) is 23.3 Å². The fraction of sp³-hybridized carbons (Fsp3) is 0.273. The molecule has 2 heterocycles. The molecule has 0 amide bonds. The van der Waals surface area contributed by atoms with E-state index in [1.54, 1.807) is 0 Å². The highest BCUT2D eigenvalue weighted by Gasteiger charge is 2.18. The van der Waals surface area contributed by atoms with E-state index < -0.39 is 0 Å². The van der Waals surface area contributed by atoms with Gasteiger partial charge in [0.05, 0.1) is 0 Å². The van der Waals surface area contributed by atoms with Gasteiger partial charge in [-0.25, -0.2) is 14.4 Å². The number of anilines is 2. The summed E-state index contributed by atoms with van der Waals surface area (Å²) in [6, 6.07) is 17.2. The highest BCUT2D eigenvalue weighted by molar-refractivity contribution is 5.51. The molecule has 0 saturated heterocycles. The minimum absolute atomic E-state index is 0.203. The average molecular weight is 362 g/mol. The van der Waals surface area contributed by atoms with Gasteiger partial charge < -0.3 is 10.2 Å². The van der Waals surface area contributed by atoms with Crippen LogP contribution in [0.4, 0.5) is 16.0 Å². The lowest BCUT2D eigenvalue weighted by Gasteiger charge is -2.30. The predicted molar refractivity (Wildman–Crippen MR) is 107 cm³/mol. The molecule has 0 fully saturated rings. The maximum absolute atomic E-state index is 13.0. The minimum Gasteiger partial charge on any atom is -0.370 e. The van der Waals surface area contributed by atoms with Crippen LogP contribution in [0.1, 0.15) is 22.5 Å². The van der Waals surface area contributed by atoms with Crippen molar-refractivity contribution in [3.8, 4) is 0 Å². The summed E-state index contributed by atoms with van der Waals surface area (Å²) in [4.78, 5) is 11.5. The number of nitrogens with zero attached hydrogens (tertiary/aromatic N) is 3. The summed E-state index contributed by atoms with van der Waals surface area (Å²) in [5.41, 5.74) is 3.89. The zero-order valence-electron chi connectivity index (χ0n) is 15.5. The molecule has 0 spiro atoms. The predicted octanol–water partition coefficient (Wildman–Crippen LogP) is 4.14. The van der Waals surface area contributed by atoms with Crippen molar-refractivity contribution in [3.63, 3.8) is 0 Å². The van der Waals surface area contributed by atoms with Gasteiger partial charge in [0.2, 0.25) is 0 Å². The van der Waals surface area contributed by atoms with E-state index in [1.807, 2.05) is 25.1 Å². The molecular formula is C22H23FN4. The number of hydrogen-bond acceptors (Lipinski definition) is 4. The highest BCUT2D eigenvalue weighted by Crippen LogP contribution is 2.24. The van der Waals surface area contributed by atoms with Gasteiger partial charge in [0.1, 0.15) is 23.3 Å². The molecule has 0 radical (unpaired) electrons. The first-order valence-corrected chi connectivity index (χ1v) is 9.33. The van der Waals surface area contributed by atoms with Gasteiger partial charge in [-0.1, -0.05) is 36.4 Å². The Morgan fingerprint density at radius 1 is 1.04 bits per heavy atom. The zero-order valence-corrected chi connectivity index (χ0v) is 15.5. The van der Waals surface area contributed by atoms with E-state index in [9.17, 15) is 4.39 Å². The van der Waals surface area contributed by atoms with Gasteiger partial charge in [-0.15, -0.1) is 0 Å². The number of benzene rings is 2. The summed E-state index contributed by atoms with van der Waals surface area (Å²) in [5, 5.41) is 3.38. The fourth-order valence-electron chi connectivity index (χ4n) is 3.48. The Hall–Kier alpha value is -2.95. The second-order valence-corrected chi connectivity index (χ2v) is 6.90. The molecule has 0 aliphatic carbocycles. The molecule has 0 atom stereocenters. The molecule has 2 aromatic carbocycles. The molecule has 3 aromatic rings. The average Bonchev–Trinajstić information content (AvgIpc) is 2.69. The van der Waals surface area contributed by atoms with Gasteiger partial charge in [-0.2, -0.15) is 0 Å². The Kier molecular flexibility index (Phi) is 5.01. The SMILES string of the molecule is Cc1nc(NCCc2ccc(F)cc2)cc(N2CCc3ccccc3C2)n1. The van der Waals surface area contributed by atoms with Gasteiger partial charge in [0.25, 0.3) is 0 Å². The molecule has 1 aromatic heterocycles. The third-order valence-electron chi connectivity index (χ3n) is 4.91. The second-order valence-electron chi connectivity index (χ2n) is 6.90. The molecule has 138 valence electrons. The summed E-state index contributed by atoms with van der Waals surface area (Å²) in [5.74, 6) is 2.35. The van der Waals surface area contributed by atoms with Gasteiger partial charge in [-0.05, 0) is 48.6 Å². The van der Waals surface area contributed by atoms with Crippen molar-refractivity contribution in [1.29, 1.82) is 0 Å². The molecule has 4 rings (SSSR count). The van der Waals surface area contributed by atoms with Crippen LogP contribution in [0.15, 0.2) is 54.6 Å². The van der Waals surface area contributed by atoms with Crippen molar-refractivity contribution in [2.45, 2.75) is 26.3 Å². The molecule has 5 heteroatoms. The highest BCUT2D eigenvalue weighted by atomic mass is 19.1. The van der Waals surface area contributed by atoms with Crippen LogP contribution in [0.2, 0.25) is 0 Å². The Bertz CT molecular complexity index is 924. The van der Waals surface area contributed by atoms with Crippen molar-refractivity contribution < 1.29 is 4.39 Å². The number of hydrogen-bond donors (Lipinski definition) is 1. The molecular weight excluding hydrogens is 339 g/mol. The maximum Gasteiger partial charge on any atom is 0.134 e. The molecule has 1 aliphatic rings. The molecule has 4 nitrogen and oxygen atoms in total. The largest absolute Gasteiger partial charge is 0.370 e. The maximum atomic E-state index is 13.0. The summed E-state index contributed by atoms with van der Waals surface area (Å²) in [6.07, 6.45) is 1.85. The van der Waals surface area contributed by atoms with E-state index in [4.69, 9.17) is 0 Å². The van der Waals surface area contributed by atoms with E-state index in [2.05, 4.69) is 44.5 Å². The van der Waals surface area contributed by atoms with Gasteiger partial charge in [0, 0.05) is 25.7 Å². The lowest BCUT2D eigenvalue weighted by Crippen LogP contribution is -2.31. The monoisotopic (exact) mass is 362 g/mol. The zero-order chi connectivity index (χ0) is 18.6. The summed E-state index contributed by atoms with van der Waals surface area (Å²) >= 11 is 0. The van der Waals surface area contributed by atoms with Crippen LogP contribution in [0.5, 0.6) is 0 Å². The third-order valence-corrected chi connectivity index (χ3v) is 4.91. The number of halogens is 1.